The van der Waals surface area contributed by atoms with E-state index in [0.717, 1.165) is 22.0 Å². The predicted molar refractivity (Wildman–Crippen MR) is 182 cm³/mol. The third-order valence-corrected chi connectivity index (χ3v) is 9.65. The van der Waals surface area contributed by atoms with Crippen molar-refractivity contribution >= 4 is 39.1 Å². The Bertz CT molecular complexity index is 1740. The van der Waals surface area contributed by atoms with E-state index in [2.05, 4.69) is 5.32 Å². The lowest BCUT2D eigenvalue weighted by molar-refractivity contribution is -0.140. The average Bonchev–Trinajstić information content (AvgIpc) is 3.06. The Morgan fingerprint density at radius 3 is 2.17 bits per heavy atom. The highest BCUT2D eigenvalue weighted by Gasteiger charge is 2.35. The Morgan fingerprint density at radius 1 is 0.894 bits per heavy atom. The SMILES string of the molecule is CCOc1ccc(S(=O)(=O)N(CC(=O)N(Cc2cccc(Cl)c2)[C@@H](Cc2ccccc2)C(=O)N[C@H](C)CC)c2ccc(F)cc2)cc1. The number of halogens is 2. The summed E-state index contributed by atoms with van der Waals surface area (Å²) in [6, 6.07) is 25.7. The van der Waals surface area contributed by atoms with E-state index in [9.17, 15) is 22.4 Å². The molecule has 0 saturated carbocycles. The lowest BCUT2D eigenvalue weighted by Gasteiger charge is -2.34. The highest BCUT2D eigenvalue weighted by atomic mass is 35.5. The first-order chi connectivity index (χ1) is 22.5. The number of amides is 2. The molecule has 0 spiro atoms. The molecule has 0 aliphatic rings. The smallest absolute Gasteiger partial charge is 0.264 e. The number of nitrogens with one attached hydrogen (secondary N) is 1. The van der Waals surface area contributed by atoms with Crippen LogP contribution in [0.25, 0.3) is 0 Å². The second-order valence-electron chi connectivity index (χ2n) is 11.1. The molecule has 11 heteroatoms. The Balaban J connectivity index is 1.80. The van der Waals surface area contributed by atoms with Crippen LogP contribution in [0.4, 0.5) is 10.1 Å². The minimum absolute atomic E-state index is 0.0226. The van der Waals surface area contributed by atoms with Crippen molar-refractivity contribution in [2.75, 3.05) is 17.5 Å². The van der Waals surface area contributed by atoms with Crippen LogP contribution in [0.15, 0.2) is 108 Å². The van der Waals surface area contributed by atoms with Crippen molar-refractivity contribution in [3.63, 3.8) is 0 Å². The van der Waals surface area contributed by atoms with Gasteiger partial charge in [0.25, 0.3) is 10.0 Å². The van der Waals surface area contributed by atoms with Crippen LogP contribution in [0.3, 0.4) is 0 Å². The van der Waals surface area contributed by atoms with Crippen LogP contribution in [0.1, 0.15) is 38.3 Å². The molecule has 47 heavy (non-hydrogen) atoms. The average molecular weight is 680 g/mol. The monoisotopic (exact) mass is 679 g/mol. The summed E-state index contributed by atoms with van der Waals surface area (Å²) in [5, 5.41) is 3.45. The molecule has 8 nitrogen and oxygen atoms in total. The molecule has 4 aromatic carbocycles. The molecular formula is C36H39ClFN3O5S. The highest BCUT2D eigenvalue weighted by Crippen LogP contribution is 2.27. The minimum atomic E-state index is -4.35. The summed E-state index contributed by atoms with van der Waals surface area (Å²) in [5.74, 6) is -1.09. The van der Waals surface area contributed by atoms with Crippen LogP contribution in [0.5, 0.6) is 5.75 Å². The summed E-state index contributed by atoms with van der Waals surface area (Å²) in [7, 11) is -4.35. The zero-order valence-electron chi connectivity index (χ0n) is 26.6. The fourth-order valence-corrected chi connectivity index (χ4v) is 6.59. The molecule has 0 bridgehead atoms. The van der Waals surface area contributed by atoms with Gasteiger partial charge in [0.1, 0.15) is 24.2 Å². The summed E-state index contributed by atoms with van der Waals surface area (Å²) in [4.78, 5) is 29.7. The van der Waals surface area contributed by atoms with Gasteiger partial charge in [-0.1, -0.05) is 61.0 Å². The van der Waals surface area contributed by atoms with Gasteiger partial charge in [-0.3, -0.25) is 13.9 Å². The van der Waals surface area contributed by atoms with Gasteiger partial charge in [0, 0.05) is 24.0 Å². The molecule has 0 saturated heterocycles. The second-order valence-corrected chi connectivity index (χ2v) is 13.4. The van der Waals surface area contributed by atoms with E-state index < -0.39 is 34.3 Å². The van der Waals surface area contributed by atoms with Crippen LogP contribution in [-0.2, 0) is 32.6 Å². The van der Waals surface area contributed by atoms with Crippen LogP contribution < -0.4 is 14.4 Å². The van der Waals surface area contributed by atoms with Crippen LogP contribution in [0.2, 0.25) is 5.02 Å². The molecule has 0 aliphatic heterocycles. The lowest BCUT2D eigenvalue weighted by Crippen LogP contribution is -2.54. The molecular weight excluding hydrogens is 641 g/mol. The summed E-state index contributed by atoms with van der Waals surface area (Å²) in [6.07, 6.45) is 0.850. The third kappa shape index (κ3) is 9.56. The van der Waals surface area contributed by atoms with E-state index in [1.807, 2.05) is 51.1 Å². The van der Waals surface area contributed by atoms with E-state index in [0.29, 0.717) is 29.4 Å². The van der Waals surface area contributed by atoms with E-state index in [1.165, 1.54) is 41.3 Å². The predicted octanol–water partition coefficient (Wildman–Crippen LogP) is 6.63. The van der Waals surface area contributed by atoms with Crippen molar-refractivity contribution in [1.82, 2.24) is 10.2 Å². The number of ether oxygens (including phenoxy) is 1. The van der Waals surface area contributed by atoms with Crippen molar-refractivity contribution in [3.8, 4) is 5.75 Å². The Labute approximate surface area is 281 Å². The standard InChI is InChI=1S/C36H39ClFN3O5S/c1-4-26(3)39-36(43)34(23-27-10-7-6-8-11-27)40(24-28-12-9-13-29(37)22-28)35(42)25-41(31-16-14-30(38)15-17-31)47(44,45)33-20-18-32(19-21-33)46-5-2/h6-22,26,34H,4-5,23-25H2,1-3H3,(H,39,43)/t26-,34+/m1/s1. The number of carbonyl (C=O) groups excluding carboxylic acids is 2. The van der Waals surface area contributed by atoms with Gasteiger partial charge in [-0.25, -0.2) is 12.8 Å². The Hall–Kier alpha value is -4.41. The van der Waals surface area contributed by atoms with Gasteiger partial charge in [-0.2, -0.15) is 0 Å². The van der Waals surface area contributed by atoms with E-state index in [-0.39, 0.29) is 35.5 Å². The number of rotatable bonds is 15. The lowest BCUT2D eigenvalue weighted by atomic mass is 10.0. The molecule has 4 rings (SSSR count). The number of benzene rings is 4. The van der Waals surface area contributed by atoms with E-state index >= 15 is 0 Å². The van der Waals surface area contributed by atoms with Gasteiger partial charge < -0.3 is 15.0 Å². The van der Waals surface area contributed by atoms with Crippen LogP contribution >= 0.6 is 11.6 Å². The summed E-state index contributed by atoms with van der Waals surface area (Å²) >= 11 is 6.29. The summed E-state index contributed by atoms with van der Waals surface area (Å²) in [5.41, 5.74) is 1.56. The third-order valence-electron chi connectivity index (χ3n) is 7.63. The maximum Gasteiger partial charge on any atom is 0.264 e. The van der Waals surface area contributed by atoms with Crippen LogP contribution in [0, 0.1) is 5.82 Å². The van der Waals surface area contributed by atoms with Gasteiger partial charge in [0.05, 0.1) is 17.2 Å². The number of hydrogen-bond acceptors (Lipinski definition) is 5. The van der Waals surface area contributed by atoms with Gasteiger partial charge >= 0.3 is 0 Å². The molecule has 0 heterocycles. The first-order valence-corrected chi connectivity index (χ1v) is 17.2. The van der Waals surface area contributed by atoms with Gasteiger partial charge in [-0.05, 0) is 92.1 Å². The summed E-state index contributed by atoms with van der Waals surface area (Å²) in [6.45, 7) is 5.35. The molecule has 248 valence electrons. The Kier molecular flexibility index (Phi) is 12.4. The normalized spacial score (nSPS) is 12.5. The van der Waals surface area contributed by atoms with E-state index in [4.69, 9.17) is 16.3 Å². The maximum absolute atomic E-state index is 14.5. The first kappa shape index (κ1) is 35.4. The quantitative estimate of drug-likeness (QED) is 0.152. The first-order valence-electron chi connectivity index (χ1n) is 15.4. The van der Waals surface area contributed by atoms with Crippen LogP contribution in [-0.4, -0.2) is 50.4 Å². The zero-order valence-corrected chi connectivity index (χ0v) is 28.2. The Morgan fingerprint density at radius 2 is 1.55 bits per heavy atom. The molecule has 0 unspecified atom stereocenters. The summed E-state index contributed by atoms with van der Waals surface area (Å²) < 4.78 is 48.7. The van der Waals surface area contributed by atoms with Crippen molar-refractivity contribution < 1.29 is 27.1 Å². The number of sulfonamides is 1. The maximum atomic E-state index is 14.5. The number of hydrogen-bond donors (Lipinski definition) is 1. The largest absolute Gasteiger partial charge is 0.494 e. The molecule has 4 aromatic rings. The van der Waals surface area contributed by atoms with Crippen molar-refractivity contribution in [3.05, 3.63) is 125 Å². The van der Waals surface area contributed by atoms with Gasteiger partial charge in [0.15, 0.2) is 0 Å². The van der Waals surface area contributed by atoms with Gasteiger partial charge in [0.2, 0.25) is 11.8 Å². The zero-order chi connectivity index (χ0) is 34.0. The molecule has 1 N–H and O–H groups in total. The minimum Gasteiger partial charge on any atom is -0.494 e. The number of carbonyl (C=O) groups is 2. The number of anilines is 1. The van der Waals surface area contributed by atoms with Crippen molar-refractivity contribution in [1.29, 1.82) is 0 Å². The molecule has 2 atom stereocenters. The van der Waals surface area contributed by atoms with E-state index in [1.54, 1.807) is 24.3 Å². The fourth-order valence-electron chi connectivity index (χ4n) is 4.96. The molecule has 0 aromatic heterocycles. The topological polar surface area (TPSA) is 96.0 Å². The number of nitrogens with zero attached hydrogens (tertiary/aromatic N) is 2. The molecule has 0 fully saturated rings. The highest BCUT2D eigenvalue weighted by molar-refractivity contribution is 7.92. The molecule has 0 radical (unpaired) electrons. The van der Waals surface area contributed by atoms with Gasteiger partial charge in [-0.15, -0.1) is 0 Å². The molecule has 2 amide bonds. The molecule has 0 aliphatic carbocycles. The van der Waals surface area contributed by atoms with Crippen molar-refractivity contribution in [2.45, 2.75) is 57.1 Å². The van der Waals surface area contributed by atoms with Crippen molar-refractivity contribution in [2.24, 2.45) is 0 Å². The fraction of sp³-hybridized carbons (Fsp3) is 0.278. The second kappa shape index (κ2) is 16.4.